The van der Waals surface area contributed by atoms with Gasteiger partial charge in [-0.2, -0.15) is 0 Å². The highest BCUT2D eigenvalue weighted by atomic mass is 14.9. The Morgan fingerprint density at radius 2 is 1.55 bits per heavy atom. The van der Waals surface area contributed by atoms with Crippen LogP contribution in [0.2, 0.25) is 0 Å². The van der Waals surface area contributed by atoms with E-state index in [-0.39, 0.29) is 6.04 Å². The Balaban J connectivity index is 0.000000248. The quantitative estimate of drug-likeness (QED) is 0.354. The molecule has 0 saturated carbocycles. The number of unbranched alkanes of at least 4 members (excludes halogenated alkanes) is 8. The normalized spacial score (nSPS) is 11.8. The van der Waals surface area contributed by atoms with Crippen LogP contribution in [0, 0.1) is 0 Å². The molecule has 3 aromatic rings. The lowest BCUT2D eigenvalue weighted by molar-refractivity contribution is 0.562. The second-order valence-corrected chi connectivity index (χ2v) is 7.84. The topological polar surface area (TPSA) is 67.6 Å². The summed E-state index contributed by atoms with van der Waals surface area (Å²) in [7, 11) is 0. The Morgan fingerprint density at radius 1 is 0.897 bits per heavy atom. The molecule has 4 heteroatoms. The number of hydrogen-bond acceptors (Lipinski definition) is 3. The van der Waals surface area contributed by atoms with Crippen molar-refractivity contribution in [1.29, 1.82) is 0 Å². The van der Waals surface area contributed by atoms with Gasteiger partial charge in [0.15, 0.2) is 0 Å². The van der Waals surface area contributed by atoms with E-state index in [4.69, 9.17) is 5.73 Å². The molecule has 4 nitrogen and oxygen atoms in total. The Hall–Kier alpha value is -2.20. The average Bonchev–Trinajstić information content (AvgIpc) is 3.22. The molecule has 158 valence electrons. The molecule has 0 bridgehead atoms. The highest BCUT2D eigenvalue weighted by molar-refractivity contribution is 5.77. The van der Waals surface area contributed by atoms with Gasteiger partial charge in [0.1, 0.15) is 5.82 Å². The van der Waals surface area contributed by atoms with Gasteiger partial charge in [-0.15, -0.1) is 0 Å². The van der Waals surface area contributed by atoms with Crippen molar-refractivity contribution in [1.82, 2.24) is 15.0 Å². The van der Waals surface area contributed by atoms with Gasteiger partial charge in [-0.05, 0) is 25.5 Å². The molecule has 3 N–H and O–H groups in total. The summed E-state index contributed by atoms with van der Waals surface area (Å²) in [6, 6.07) is 12.1. The Labute approximate surface area is 176 Å². The lowest BCUT2D eigenvalue weighted by Gasteiger charge is -2.01. The third-order valence-corrected chi connectivity index (χ3v) is 5.15. The summed E-state index contributed by atoms with van der Waals surface area (Å²) in [5.74, 6) is 1.09. The fourth-order valence-electron chi connectivity index (χ4n) is 3.36. The number of pyridine rings is 1. The van der Waals surface area contributed by atoms with Gasteiger partial charge in [0, 0.05) is 30.2 Å². The van der Waals surface area contributed by atoms with Crippen LogP contribution in [-0.4, -0.2) is 15.0 Å². The molecule has 0 aliphatic rings. The van der Waals surface area contributed by atoms with E-state index in [2.05, 4.69) is 34.0 Å². The molecule has 3 rings (SSSR count). The summed E-state index contributed by atoms with van der Waals surface area (Å²) in [5.41, 5.74) is 7.83. The number of para-hydroxylation sites is 1. The van der Waals surface area contributed by atoms with E-state index >= 15 is 0 Å². The zero-order valence-corrected chi connectivity index (χ0v) is 18.2. The number of nitrogens with two attached hydrogens (primary N) is 1. The number of aryl methyl sites for hydroxylation is 1. The monoisotopic (exact) mass is 394 g/mol. The minimum Gasteiger partial charge on any atom is -0.348 e. The second-order valence-electron chi connectivity index (χ2n) is 7.84. The lowest BCUT2D eigenvalue weighted by atomic mass is 10.1. The highest BCUT2D eigenvalue weighted by Crippen LogP contribution is 2.12. The van der Waals surface area contributed by atoms with Crippen LogP contribution in [0.5, 0.6) is 0 Å². The lowest BCUT2D eigenvalue weighted by Crippen LogP contribution is -2.05. The Bertz CT molecular complexity index is 729. The summed E-state index contributed by atoms with van der Waals surface area (Å²) in [6.45, 7) is 4.24. The number of benzene rings is 1. The third kappa shape index (κ3) is 9.23. The van der Waals surface area contributed by atoms with Crippen molar-refractivity contribution in [3.63, 3.8) is 0 Å². The maximum atomic E-state index is 5.79. The number of rotatable bonds is 11. The van der Waals surface area contributed by atoms with Crippen molar-refractivity contribution in [3.05, 3.63) is 60.3 Å². The molecule has 2 aromatic heterocycles. The first kappa shape index (κ1) is 23.1. The van der Waals surface area contributed by atoms with Crippen LogP contribution >= 0.6 is 0 Å². The first-order valence-corrected chi connectivity index (χ1v) is 11.3. The van der Waals surface area contributed by atoms with Gasteiger partial charge in [-0.3, -0.25) is 4.98 Å². The molecule has 29 heavy (non-hydrogen) atoms. The number of hydrogen-bond donors (Lipinski definition) is 2. The van der Waals surface area contributed by atoms with Gasteiger partial charge in [0.2, 0.25) is 0 Å². The minimum absolute atomic E-state index is 0.0353. The van der Waals surface area contributed by atoms with Gasteiger partial charge in [-0.25, -0.2) is 4.98 Å². The van der Waals surface area contributed by atoms with Crippen LogP contribution in [0.4, 0.5) is 0 Å². The zero-order valence-electron chi connectivity index (χ0n) is 18.2. The average molecular weight is 395 g/mol. The zero-order chi connectivity index (χ0) is 20.7. The van der Waals surface area contributed by atoms with Crippen LogP contribution in [0.1, 0.15) is 89.2 Å². The smallest absolute Gasteiger partial charge is 0.106 e. The van der Waals surface area contributed by atoms with Crippen molar-refractivity contribution < 1.29 is 0 Å². The molecular formula is C25H38N4. The molecule has 1 aromatic carbocycles. The van der Waals surface area contributed by atoms with E-state index in [9.17, 15) is 0 Å². The predicted molar refractivity (Wildman–Crippen MR) is 124 cm³/mol. The Morgan fingerprint density at radius 3 is 2.21 bits per heavy atom. The van der Waals surface area contributed by atoms with Gasteiger partial charge < -0.3 is 10.7 Å². The summed E-state index contributed by atoms with van der Waals surface area (Å²) in [4.78, 5) is 11.9. The first-order chi connectivity index (χ1) is 14.2. The molecule has 0 spiro atoms. The minimum atomic E-state index is 0.0353. The van der Waals surface area contributed by atoms with E-state index in [0.29, 0.717) is 0 Å². The van der Waals surface area contributed by atoms with Crippen LogP contribution < -0.4 is 5.73 Å². The standard InChI is InChI=1S/C16H31N3.C9H7N/c1-3-4-5-6-7-8-9-10-11-12-16-18-13-15(19-16)14(2)17;1-2-6-9-8(4-1)5-3-7-10-9/h13-14H,3-12,17H2,1-2H3,(H,18,19);1-7H. The van der Waals surface area contributed by atoms with E-state index in [0.717, 1.165) is 23.5 Å². The summed E-state index contributed by atoms with van der Waals surface area (Å²) < 4.78 is 0. The van der Waals surface area contributed by atoms with E-state index < -0.39 is 0 Å². The fraction of sp³-hybridized carbons (Fsp3) is 0.520. The molecule has 0 saturated heterocycles. The number of aromatic amines is 1. The van der Waals surface area contributed by atoms with E-state index in [1.807, 2.05) is 43.6 Å². The molecule has 0 aliphatic heterocycles. The molecule has 2 heterocycles. The van der Waals surface area contributed by atoms with Crippen molar-refractivity contribution >= 4 is 10.9 Å². The third-order valence-electron chi connectivity index (χ3n) is 5.15. The summed E-state index contributed by atoms with van der Waals surface area (Å²) in [6.07, 6.45) is 17.1. The van der Waals surface area contributed by atoms with Crippen molar-refractivity contribution in [2.24, 2.45) is 5.73 Å². The van der Waals surface area contributed by atoms with Crippen LogP contribution in [0.3, 0.4) is 0 Å². The number of H-pyrrole nitrogens is 1. The number of imidazole rings is 1. The van der Waals surface area contributed by atoms with Gasteiger partial charge in [0.05, 0.1) is 11.2 Å². The number of nitrogens with one attached hydrogen (secondary N) is 1. The summed E-state index contributed by atoms with van der Waals surface area (Å²) in [5, 5.41) is 1.20. The highest BCUT2D eigenvalue weighted by Gasteiger charge is 2.04. The Kier molecular flexibility index (Phi) is 11.1. The summed E-state index contributed by atoms with van der Waals surface area (Å²) >= 11 is 0. The van der Waals surface area contributed by atoms with Crippen LogP contribution in [-0.2, 0) is 6.42 Å². The number of fused-ring (bicyclic) bond motifs is 1. The molecule has 0 aliphatic carbocycles. The number of aromatic nitrogens is 3. The van der Waals surface area contributed by atoms with Crippen molar-refractivity contribution in [2.45, 2.75) is 84.1 Å². The second kappa shape index (κ2) is 13.9. The SMILES string of the molecule is CCCCCCCCCCCc1nc(C(C)N)c[nH]1.c1ccc2ncccc2c1. The van der Waals surface area contributed by atoms with Gasteiger partial charge >= 0.3 is 0 Å². The van der Waals surface area contributed by atoms with Crippen molar-refractivity contribution in [2.75, 3.05) is 0 Å². The largest absolute Gasteiger partial charge is 0.348 e. The van der Waals surface area contributed by atoms with Crippen LogP contribution in [0.25, 0.3) is 10.9 Å². The van der Waals surface area contributed by atoms with Gasteiger partial charge in [-0.1, -0.05) is 82.6 Å². The maximum Gasteiger partial charge on any atom is 0.106 e. The molecule has 0 amide bonds. The molecular weight excluding hydrogens is 356 g/mol. The maximum absolute atomic E-state index is 5.79. The fourth-order valence-corrected chi connectivity index (χ4v) is 3.36. The van der Waals surface area contributed by atoms with Crippen molar-refractivity contribution in [3.8, 4) is 0 Å². The number of nitrogens with zero attached hydrogens (tertiary/aromatic N) is 2. The van der Waals surface area contributed by atoms with E-state index in [1.54, 1.807) is 0 Å². The first-order valence-electron chi connectivity index (χ1n) is 11.3. The van der Waals surface area contributed by atoms with E-state index in [1.165, 1.54) is 63.2 Å². The molecule has 0 radical (unpaired) electrons. The molecule has 1 atom stereocenters. The predicted octanol–water partition coefficient (Wildman–Crippen LogP) is 6.74. The van der Waals surface area contributed by atoms with Gasteiger partial charge in [0.25, 0.3) is 0 Å². The molecule has 1 unspecified atom stereocenters. The molecule has 0 fully saturated rings. The van der Waals surface area contributed by atoms with Crippen LogP contribution in [0.15, 0.2) is 48.8 Å².